The number of ketones is 1. The number of carbonyl (C=O) groups is 1. The quantitative estimate of drug-likeness (QED) is 0.279. The minimum atomic E-state index is -1.38. The van der Waals surface area contributed by atoms with Crippen LogP contribution in [0.25, 0.3) is 6.08 Å². The summed E-state index contributed by atoms with van der Waals surface area (Å²) in [7, 11) is 0. The van der Waals surface area contributed by atoms with Gasteiger partial charge >= 0.3 is 0 Å². The van der Waals surface area contributed by atoms with Crippen LogP contribution < -0.4 is 0 Å². The van der Waals surface area contributed by atoms with Gasteiger partial charge in [0.25, 0.3) is 0 Å². The summed E-state index contributed by atoms with van der Waals surface area (Å²) in [6.07, 6.45) is 15.0. The molecule has 0 aromatic heterocycles. The molecule has 1 unspecified atom stereocenters. The number of allylic oxidation sites excluding steroid dienone is 1. The molecule has 5 aliphatic carbocycles. The van der Waals surface area contributed by atoms with E-state index in [0.29, 0.717) is 35.0 Å². The Hall–Kier alpha value is -1.87. The first kappa shape index (κ1) is 30.2. The second-order valence-corrected chi connectivity index (χ2v) is 17.2. The third-order valence-electron chi connectivity index (χ3n) is 15.4. The van der Waals surface area contributed by atoms with Gasteiger partial charge in [0, 0.05) is 5.41 Å². The first-order valence-electron chi connectivity index (χ1n) is 16.9. The van der Waals surface area contributed by atoms with Gasteiger partial charge in [0.15, 0.2) is 5.78 Å². The summed E-state index contributed by atoms with van der Waals surface area (Å²) in [6, 6.07) is 6.92. The molecule has 42 heavy (non-hydrogen) atoms. The van der Waals surface area contributed by atoms with E-state index in [2.05, 4.69) is 55.0 Å². The summed E-state index contributed by atoms with van der Waals surface area (Å²) >= 11 is 0. The van der Waals surface area contributed by atoms with Crippen LogP contribution in [0.4, 0.5) is 0 Å². The molecule has 5 saturated carbocycles. The van der Waals surface area contributed by atoms with Crippen LogP contribution >= 0.6 is 0 Å². The van der Waals surface area contributed by atoms with Crippen molar-refractivity contribution in [1.29, 1.82) is 0 Å². The van der Waals surface area contributed by atoms with Crippen molar-refractivity contribution in [2.45, 2.75) is 118 Å². The van der Waals surface area contributed by atoms with E-state index in [1.807, 2.05) is 6.07 Å². The van der Waals surface area contributed by atoms with E-state index in [0.717, 1.165) is 30.2 Å². The molecule has 1 aromatic rings. The highest BCUT2D eigenvalue weighted by molar-refractivity contribution is 6.00. The highest BCUT2D eigenvalue weighted by atomic mass is 16.3. The zero-order valence-corrected chi connectivity index (χ0v) is 27.4. The molecule has 0 bridgehead atoms. The molecule has 6 rings (SSSR count). The van der Waals surface area contributed by atoms with Gasteiger partial charge in [-0.2, -0.15) is 0 Å². The highest BCUT2D eigenvalue weighted by Gasteiger charge is 2.72. The van der Waals surface area contributed by atoms with Crippen molar-refractivity contribution in [3.8, 4) is 5.75 Å². The van der Waals surface area contributed by atoms with Crippen molar-refractivity contribution in [3.05, 3.63) is 48.1 Å². The van der Waals surface area contributed by atoms with Crippen LogP contribution in [0.15, 0.2) is 42.5 Å². The van der Waals surface area contributed by atoms with Crippen LogP contribution in [0.3, 0.4) is 0 Å². The van der Waals surface area contributed by atoms with E-state index in [9.17, 15) is 15.0 Å². The topological polar surface area (TPSA) is 57.5 Å². The maximum atomic E-state index is 13.8. The van der Waals surface area contributed by atoms with Crippen molar-refractivity contribution in [1.82, 2.24) is 0 Å². The van der Waals surface area contributed by atoms with Gasteiger partial charge in [-0.1, -0.05) is 71.9 Å². The third-order valence-corrected chi connectivity index (χ3v) is 15.4. The van der Waals surface area contributed by atoms with Gasteiger partial charge in [0.2, 0.25) is 0 Å². The van der Waals surface area contributed by atoms with Crippen molar-refractivity contribution in [2.24, 2.45) is 56.7 Å². The lowest BCUT2D eigenvalue weighted by Crippen LogP contribution is -2.69. The number of hydrogen-bond acceptors (Lipinski definition) is 3. The van der Waals surface area contributed by atoms with Gasteiger partial charge in [0.1, 0.15) is 11.4 Å². The minimum Gasteiger partial charge on any atom is -0.508 e. The van der Waals surface area contributed by atoms with Crippen molar-refractivity contribution >= 4 is 11.9 Å². The molecule has 0 heterocycles. The summed E-state index contributed by atoms with van der Waals surface area (Å²) in [5, 5.41) is 22.1. The normalized spacial score (nSPS) is 47.7. The summed E-state index contributed by atoms with van der Waals surface area (Å²) in [5.41, 5.74) is 1.44. The van der Waals surface area contributed by atoms with Gasteiger partial charge in [-0.3, -0.25) is 4.79 Å². The Balaban J connectivity index is 1.30. The zero-order chi connectivity index (χ0) is 30.5. The van der Waals surface area contributed by atoms with E-state index in [4.69, 9.17) is 0 Å². The molecule has 0 amide bonds. The second-order valence-electron chi connectivity index (χ2n) is 17.2. The van der Waals surface area contributed by atoms with Crippen molar-refractivity contribution in [2.75, 3.05) is 0 Å². The number of phenolic OH excluding ortho intramolecular Hbond substituents is 1. The minimum absolute atomic E-state index is 0.107. The molecule has 5 fully saturated rings. The molecule has 0 spiro atoms. The lowest BCUT2D eigenvalue weighted by Gasteiger charge is -2.73. The molecule has 1 aromatic carbocycles. The molecular weight excluding hydrogens is 516 g/mol. The molecule has 230 valence electrons. The van der Waals surface area contributed by atoms with Crippen LogP contribution in [0.2, 0.25) is 0 Å². The molecule has 0 saturated heterocycles. The number of rotatable bonds is 4. The number of aromatic hydroxyl groups is 1. The monoisotopic (exact) mass is 572 g/mol. The predicted octanol–water partition coefficient (Wildman–Crippen LogP) is 9.38. The summed E-state index contributed by atoms with van der Waals surface area (Å²) in [4.78, 5) is 13.8. The standard InChI is InChI=1S/C39H56O3/c1-25(2)28-16-18-35(5)20-22-37(7)29(33(28)35)13-14-31-36(6)21-23-39(42,34(3,4)30(36)17-19-38(31,37)8)32(41)15-12-26-10-9-11-27(40)24-26/h9-12,15,24,28-31,33,40,42H,1,13-14,16-23H2,2-8H3/t28-,29+,30-,31+,33+,35+,36-,37+,38+,39?/m0/s1. The highest BCUT2D eigenvalue weighted by Crippen LogP contribution is 2.78. The fourth-order valence-electron chi connectivity index (χ4n) is 12.8. The molecule has 2 N–H and O–H groups in total. The molecule has 5 aliphatic rings. The van der Waals surface area contributed by atoms with Gasteiger partial charge in [-0.05, 0) is 146 Å². The third kappa shape index (κ3) is 3.90. The van der Waals surface area contributed by atoms with E-state index >= 15 is 0 Å². The van der Waals surface area contributed by atoms with Gasteiger partial charge in [0.05, 0.1) is 0 Å². The van der Waals surface area contributed by atoms with Crippen LogP contribution in [0, 0.1) is 56.7 Å². The van der Waals surface area contributed by atoms with Crippen LogP contribution in [-0.2, 0) is 4.79 Å². The Labute approximate surface area is 255 Å². The number of hydrogen-bond donors (Lipinski definition) is 2. The van der Waals surface area contributed by atoms with E-state index in [-0.39, 0.29) is 22.4 Å². The summed E-state index contributed by atoms with van der Waals surface area (Å²) in [6.45, 7) is 21.6. The molecular formula is C39H56O3. The fraction of sp³-hybridized carbons (Fsp3) is 0.718. The predicted molar refractivity (Wildman–Crippen MR) is 172 cm³/mol. The molecule has 10 atom stereocenters. The van der Waals surface area contributed by atoms with Gasteiger partial charge < -0.3 is 10.2 Å². The Morgan fingerprint density at radius 2 is 1.62 bits per heavy atom. The Bertz CT molecular complexity index is 1310. The number of carbonyl (C=O) groups excluding carboxylic acids is 1. The molecule has 3 heteroatoms. The van der Waals surface area contributed by atoms with Crippen molar-refractivity contribution < 1.29 is 15.0 Å². The number of benzene rings is 1. The average Bonchev–Trinajstić information content (AvgIpc) is 3.28. The molecule has 0 radical (unpaired) electrons. The largest absolute Gasteiger partial charge is 0.508 e. The fourth-order valence-corrected chi connectivity index (χ4v) is 12.8. The van der Waals surface area contributed by atoms with Gasteiger partial charge in [-0.25, -0.2) is 0 Å². The number of phenols is 1. The maximum Gasteiger partial charge on any atom is 0.187 e. The Kier molecular flexibility index (Phi) is 6.87. The SMILES string of the molecule is C=C(C)[C@@H]1CC[C@]2(C)CC[C@]3(C)[C@H](CC[C@@H]4[C@@]5(C)CCC(O)(C(=O)C=Cc6cccc(O)c6)C(C)(C)[C@@H]5CC[C@]43C)[C@@H]12. The van der Waals surface area contributed by atoms with Crippen LogP contribution in [0.1, 0.15) is 118 Å². The summed E-state index contributed by atoms with van der Waals surface area (Å²) in [5.74, 6) is 3.09. The van der Waals surface area contributed by atoms with Gasteiger partial charge in [-0.15, -0.1) is 0 Å². The Morgan fingerprint density at radius 3 is 2.31 bits per heavy atom. The molecule has 0 aliphatic heterocycles. The van der Waals surface area contributed by atoms with Crippen LogP contribution in [-0.4, -0.2) is 21.6 Å². The van der Waals surface area contributed by atoms with Crippen molar-refractivity contribution in [3.63, 3.8) is 0 Å². The van der Waals surface area contributed by atoms with E-state index in [1.54, 1.807) is 30.4 Å². The van der Waals surface area contributed by atoms with E-state index < -0.39 is 11.0 Å². The summed E-state index contributed by atoms with van der Waals surface area (Å²) < 4.78 is 0. The average molecular weight is 573 g/mol. The first-order chi connectivity index (χ1) is 19.5. The zero-order valence-electron chi connectivity index (χ0n) is 27.4. The smallest absolute Gasteiger partial charge is 0.187 e. The maximum absolute atomic E-state index is 13.8. The molecule has 3 nitrogen and oxygen atoms in total. The Morgan fingerprint density at radius 1 is 0.881 bits per heavy atom. The van der Waals surface area contributed by atoms with E-state index in [1.165, 1.54) is 50.5 Å². The lowest BCUT2D eigenvalue weighted by atomic mass is 9.31. The second kappa shape index (κ2) is 9.56. The number of aliphatic hydroxyl groups is 1. The number of fused-ring (bicyclic) bond motifs is 7. The lowest BCUT2D eigenvalue weighted by molar-refractivity contribution is -0.259. The first-order valence-corrected chi connectivity index (χ1v) is 16.9. The van der Waals surface area contributed by atoms with Crippen LogP contribution in [0.5, 0.6) is 5.75 Å².